The van der Waals surface area contributed by atoms with Crippen molar-refractivity contribution < 1.29 is 0 Å². The van der Waals surface area contributed by atoms with E-state index in [2.05, 4.69) is 20.2 Å². The van der Waals surface area contributed by atoms with Crippen LogP contribution >= 0.6 is 24.0 Å². The molecule has 2 heterocycles. The average Bonchev–Trinajstić information content (AvgIpc) is 2.20. The van der Waals surface area contributed by atoms with Gasteiger partial charge in [-0.05, 0) is 0 Å². The predicted molar refractivity (Wildman–Crippen MR) is 59.4 cm³/mol. The van der Waals surface area contributed by atoms with Crippen molar-refractivity contribution in [2.75, 3.05) is 31.1 Å². The highest BCUT2D eigenvalue weighted by Gasteiger charge is 2.11. The summed E-state index contributed by atoms with van der Waals surface area (Å²) in [4.78, 5) is 10.4. The van der Waals surface area contributed by atoms with Gasteiger partial charge < -0.3 is 10.2 Å². The van der Waals surface area contributed by atoms with Crippen molar-refractivity contribution in [3.8, 4) is 0 Å². The number of anilines is 1. The Balaban J connectivity index is 0.000000980. The monoisotopic (exact) mass is 234 g/mol. The van der Waals surface area contributed by atoms with E-state index < -0.39 is 0 Å². The Hall–Kier alpha value is -0.580. The molecule has 0 radical (unpaired) electrons. The third-order valence-corrected chi connectivity index (χ3v) is 2.24. The lowest BCUT2D eigenvalue weighted by molar-refractivity contribution is 0.584. The first-order valence-corrected chi connectivity index (χ1v) is 4.67. The summed E-state index contributed by atoms with van der Waals surface area (Å²) in [5.74, 6) is 0.908. The van der Waals surface area contributed by atoms with Crippen molar-refractivity contribution in [2.24, 2.45) is 0 Å². The maximum absolute atomic E-state index is 5.65. The summed E-state index contributed by atoms with van der Waals surface area (Å²) in [6.45, 7) is 3.97. The maximum atomic E-state index is 5.65. The van der Waals surface area contributed by atoms with E-state index in [1.807, 2.05) is 0 Å². The lowest BCUT2D eigenvalue weighted by Gasteiger charge is -2.27. The van der Waals surface area contributed by atoms with Crippen molar-refractivity contribution in [3.63, 3.8) is 0 Å². The Kier molecular flexibility index (Phi) is 4.38. The van der Waals surface area contributed by atoms with Gasteiger partial charge in [0.2, 0.25) is 0 Å². The van der Waals surface area contributed by atoms with Gasteiger partial charge >= 0.3 is 0 Å². The van der Waals surface area contributed by atoms with Gasteiger partial charge in [0, 0.05) is 26.2 Å². The lowest BCUT2D eigenvalue weighted by Crippen LogP contribution is -2.43. The molecule has 1 aromatic rings. The smallest absolute Gasteiger partial charge is 0.147 e. The van der Waals surface area contributed by atoms with E-state index in [1.54, 1.807) is 12.4 Å². The summed E-state index contributed by atoms with van der Waals surface area (Å²) in [5.41, 5.74) is 0. The number of piperazine rings is 1. The van der Waals surface area contributed by atoms with Crippen LogP contribution in [0, 0.1) is 0 Å². The molecule has 2 rings (SSSR count). The van der Waals surface area contributed by atoms with Crippen LogP contribution in [-0.4, -0.2) is 36.1 Å². The Labute approximate surface area is 94.1 Å². The molecule has 1 N–H and O–H groups in total. The molecule has 0 saturated carbocycles. The van der Waals surface area contributed by atoms with Crippen LogP contribution in [0.4, 0.5) is 5.82 Å². The SMILES string of the molecule is Cl.Clc1cnc(N2CCNCC2)cn1. The maximum Gasteiger partial charge on any atom is 0.147 e. The van der Waals surface area contributed by atoms with Crippen molar-refractivity contribution in [1.82, 2.24) is 15.3 Å². The molecule has 1 aliphatic rings. The zero-order chi connectivity index (χ0) is 9.10. The average molecular weight is 235 g/mol. The largest absolute Gasteiger partial charge is 0.353 e. The molecular weight excluding hydrogens is 223 g/mol. The highest BCUT2D eigenvalue weighted by atomic mass is 35.5. The van der Waals surface area contributed by atoms with Gasteiger partial charge in [-0.1, -0.05) is 11.6 Å². The summed E-state index contributed by atoms with van der Waals surface area (Å²) >= 11 is 5.65. The first-order chi connectivity index (χ1) is 6.36. The van der Waals surface area contributed by atoms with Gasteiger partial charge in [-0.2, -0.15) is 0 Å². The lowest BCUT2D eigenvalue weighted by atomic mass is 10.4. The van der Waals surface area contributed by atoms with Crippen molar-refractivity contribution in [2.45, 2.75) is 0 Å². The molecule has 0 aromatic carbocycles. The Morgan fingerprint density at radius 1 is 1.21 bits per heavy atom. The number of halogens is 2. The summed E-state index contributed by atoms with van der Waals surface area (Å²) in [7, 11) is 0. The fourth-order valence-corrected chi connectivity index (χ4v) is 1.46. The Morgan fingerprint density at radius 2 is 1.93 bits per heavy atom. The van der Waals surface area contributed by atoms with E-state index in [9.17, 15) is 0 Å². The summed E-state index contributed by atoms with van der Waals surface area (Å²) < 4.78 is 0. The number of nitrogens with zero attached hydrogens (tertiary/aromatic N) is 3. The fourth-order valence-electron chi connectivity index (χ4n) is 1.36. The van der Waals surface area contributed by atoms with Gasteiger partial charge in [0.15, 0.2) is 0 Å². The molecule has 1 aromatic heterocycles. The van der Waals surface area contributed by atoms with Crippen LogP contribution in [0.2, 0.25) is 5.15 Å². The van der Waals surface area contributed by atoms with Gasteiger partial charge in [-0.25, -0.2) is 9.97 Å². The minimum atomic E-state index is 0. The fraction of sp³-hybridized carbons (Fsp3) is 0.500. The van der Waals surface area contributed by atoms with Crippen LogP contribution in [-0.2, 0) is 0 Å². The standard InChI is InChI=1S/C8H11ClN4.ClH/c9-7-5-12-8(6-11-7)13-3-1-10-2-4-13;/h5-6,10H,1-4H2;1H. The van der Waals surface area contributed by atoms with E-state index in [0.717, 1.165) is 32.0 Å². The number of aromatic nitrogens is 2. The molecule has 6 heteroatoms. The van der Waals surface area contributed by atoms with Gasteiger partial charge in [-0.15, -0.1) is 12.4 Å². The number of rotatable bonds is 1. The Bertz CT molecular complexity index is 271. The van der Waals surface area contributed by atoms with Gasteiger partial charge in [-0.3, -0.25) is 0 Å². The molecule has 0 bridgehead atoms. The summed E-state index contributed by atoms with van der Waals surface area (Å²) in [6.07, 6.45) is 3.30. The molecule has 1 fully saturated rings. The third-order valence-electron chi connectivity index (χ3n) is 2.05. The minimum Gasteiger partial charge on any atom is -0.353 e. The van der Waals surface area contributed by atoms with Gasteiger partial charge in [0.25, 0.3) is 0 Å². The van der Waals surface area contributed by atoms with Crippen molar-refractivity contribution >= 4 is 29.8 Å². The van der Waals surface area contributed by atoms with Crippen LogP contribution in [0.5, 0.6) is 0 Å². The molecule has 1 saturated heterocycles. The van der Waals surface area contributed by atoms with Gasteiger partial charge in [0.05, 0.1) is 12.4 Å². The molecule has 0 unspecified atom stereocenters. The zero-order valence-electron chi connectivity index (χ0n) is 7.61. The highest BCUT2D eigenvalue weighted by Crippen LogP contribution is 2.11. The normalized spacial score (nSPS) is 16.2. The third kappa shape index (κ3) is 2.70. The van der Waals surface area contributed by atoms with E-state index in [-0.39, 0.29) is 12.4 Å². The quantitative estimate of drug-likeness (QED) is 0.787. The first kappa shape index (κ1) is 11.5. The molecule has 0 atom stereocenters. The predicted octanol–water partition coefficient (Wildman–Crippen LogP) is 0.961. The van der Waals surface area contributed by atoms with Crippen LogP contribution in [0.25, 0.3) is 0 Å². The second-order valence-corrected chi connectivity index (χ2v) is 3.32. The van der Waals surface area contributed by atoms with E-state index in [0.29, 0.717) is 5.15 Å². The molecule has 0 aliphatic carbocycles. The topological polar surface area (TPSA) is 41.1 Å². The van der Waals surface area contributed by atoms with Crippen LogP contribution in [0.15, 0.2) is 12.4 Å². The number of hydrogen-bond donors (Lipinski definition) is 1. The minimum absolute atomic E-state index is 0. The van der Waals surface area contributed by atoms with Crippen LogP contribution < -0.4 is 10.2 Å². The molecule has 1 aliphatic heterocycles. The van der Waals surface area contributed by atoms with Crippen molar-refractivity contribution in [3.05, 3.63) is 17.5 Å². The molecular formula is C8H12Cl2N4. The highest BCUT2D eigenvalue weighted by molar-refractivity contribution is 6.29. The number of hydrogen-bond acceptors (Lipinski definition) is 4. The van der Waals surface area contributed by atoms with Crippen LogP contribution in [0.3, 0.4) is 0 Å². The van der Waals surface area contributed by atoms with E-state index in [4.69, 9.17) is 11.6 Å². The number of nitrogens with one attached hydrogen (secondary N) is 1. The molecule has 4 nitrogen and oxygen atoms in total. The second-order valence-electron chi connectivity index (χ2n) is 2.93. The molecule has 78 valence electrons. The summed E-state index contributed by atoms with van der Waals surface area (Å²) in [5, 5.41) is 3.72. The van der Waals surface area contributed by atoms with E-state index in [1.165, 1.54) is 0 Å². The summed E-state index contributed by atoms with van der Waals surface area (Å²) in [6, 6.07) is 0. The molecule has 0 spiro atoms. The van der Waals surface area contributed by atoms with Gasteiger partial charge in [0.1, 0.15) is 11.0 Å². The first-order valence-electron chi connectivity index (χ1n) is 4.29. The second kappa shape index (κ2) is 5.34. The molecule has 14 heavy (non-hydrogen) atoms. The zero-order valence-corrected chi connectivity index (χ0v) is 9.18. The van der Waals surface area contributed by atoms with Crippen LogP contribution in [0.1, 0.15) is 0 Å². The van der Waals surface area contributed by atoms with Crippen molar-refractivity contribution in [1.29, 1.82) is 0 Å². The molecule has 0 amide bonds. The Morgan fingerprint density at radius 3 is 2.50 bits per heavy atom. The van der Waals surface area contributed by atoms with E-state index >= 15 is 0 Å².